The smallest absolute Gasteiger partial charge is 0.406 e. The van der Waals surface area contributed by atoms with E-state index >= 15 is 0 Å². The molecule has 1 aliphatic heterocycles. The Kier molecular flexibility index (Phi) is 4.87. The van der Waals surface area contributed by atoms with Gasteiger partial charge in [-0.15, -0.1) is 13.2 Å². The molecule has 5 nitrogen and oxygen atoms in total. The van der Waals surface area contributed by atoms with Crippen LogP contribution in [0.15, 0.2) is 22.7 Å². The first kappa shape index (κ1) is 17.6. The Hall–Kier alpha value is -2.25. The van der Waals surface area contributed by atoms with Crippen molar-refractivity contribution in [1.82, 2.24) is 10.1 Å². The Morgan fingerprint density at radius 1 is 1.32 bits per heavy atom. The minimum atomic E-state index is -4.68. The van der Waals surface area contributed by atoms with Gasteiger partial charge in [0.2, 0.25) is 5.89 Å². The molecule has 0 aliphatic carbocycles. The normalized spacial score (nSPS) is 14.7. The van der Waals surface area contributed by atoms with E-state index in [0.717, 1.165) is 30.6 Å². The molecule has 0 atom stereocenters. The van der Waals surface area contributed by atoms with Gasteiger partial charge in [0, 0.05) is 18.7 Å². The fourth-order valence-corrected chi connectivity index (χ4v) is 2.97. The van der Waals surface area contributed by atoms with Crippen molar-refractivity contribution in [2.45, 2.75) is 46.0 Å². The number of fused-ring (bicyclic) bond motifs is 1. The zero-order valence-corrected chi connectivity index (χ0v) is 14.1. The maximum atomic E-state index is 12.4. The van der Waals surface area contributed by atoms with Crippen LogP contribution in [0.1, 0.15) is 37.5 Å². The van der Waals surface area contributed by atoms with Crippen molar-refractivity contribution >= 4 is 5.69 Å². The summed E-state index contributed by atoms with van der Waals surface area (Å²) >= 11 is 0. The molecular weight excluding hydrogens is 335 g/mol. The minimum absolute atomic E-state index is 0.188. The van der Waals surface area contributed by atoms with Crippen LogP contribution in [0, 0.1) is 5.92 Å². The third-order valence-corrected chi connectivity index (χ3v) is 3.92. The molecule has 0 amide bonds. The van der Waals surface area contributed by atoms with Crippen LogP contribution in [-0.2, 0) is 19.4 Å². The van der Waals surface area contributed by atoms with Gasteiger partial charge in [-0.05, 0) is 42.5 Å². The number of hydrogen-bond acceptors (Lipinski definition) is 5. The highest BCUT2D eigenvalue weighted by molar-refractivity contribution is 5.58. The minimum Gasteiger partial charge on any atom is -0.406 e. The van der Waals surface area contributed by atoms with Gasteiger partial charge in [-0.2, -0.15) is 4.98 Å². The molecular formula is C17H20F3N3O2. The van der Waals surface area contributed by atoms with Crippen molar-refractivity contribution in [2.75, 3.05) is 11.4 Å². The molecule has 0 bridgehead atoms. The van der Waals surface area contributed by atoms with Gasteiger partial charge in [0.25, 0.3) is 0 Å². The zero-order valence-electron chi connectivity index (χ0n) is 14.1. The van der Waals surface area contributed by atoms with E-state index in [-0.39, 0.29) is 5.75 Å². The van der Waals surface area contributed by atoms with Crippen LogP contribution in [-0.4, -0.2) is 23.0 Å². The van der Waals surface area contributed by atoms with E-state index in [1.807, 2.05) is 0 Å². The number of halogens is 3. The molecule has 0 radical (unpaired) electrons. The summed E-state index contributed by atoms with van der Waals surface area (Å²) in [4.78, 5) is 6.45. The predicted octanol–water partition coefficient (Wildman–Crippen LogP) is 4.12. The molecule has 1 aromatic heterocycles. The molecule has 2 aromatic rings. The maximum Gasteiger partial charge on any atom is 0.573 e. The highest BCUT2D eigenvalue weighted by Gasteiger charge is 2.31. The average molecular weight is 355 g/mol. The summed E-state index contributed by atoms with van der Waals surface area (Å²) in [5.74, 6) is 1.43. The third-order valence-electron chi connectivity index (χ3n) is 3.92. The standard InChI is InChI=1S/C17H20F3N3O2/c1-11(2)8-16-21-15(22-25-16)10-23-7-3-4-12-9-13(5-6-14(12)23)24-17(18,19)20/h5-6,9,11H,3-4,7-8,10H2,1-2H3. The van der Waals surface area contributed by atoms with Gasteiger partial charge in [0.05, 0.1) is 6.54 Å². The molecule has 0 N–H and O–H groups in total. The molecule has 25 heavy (non-hydrogen) atoms. The quantitative estimate of drug-likeness (QED) is 0.808. The van der Waals surface area contributed by atoms with Gasteiger partial charge in [0.1, 0.15) is 5.75 Å². The van der Waals surface area contributed by atoms with Gasteiger partial charge in [-0.25, -0.2) is 0 Å². The monoisotopic (exact) mass is 355 g/mol. The highest BCUT2D eigenvalue weighted by Crippen LogP contribution is 2.33. The molecule has 3 rings (SSSR count). The van der Waals surface area contributed by atoms with Gasteiger partial charge >= 0.3 is 6.36 Å². The largest absolute Gasteiger partial charge is 0.573 e. The van der Waals surface area contributed by atoms with Crippen LogP contribution in [0.3, 0.4) is 0 Å². The number of hydrogen-bond donors (Lipinski definition) is 0. The van der Waals surface area contributed by atoms with Crippen molar-refractivity contribution in [3.63, 3.8) is 0 Å². The lowest BCUT2D eigenvalue weighted by atomic mass is 10.0. The van der Waals surface area contributed by atoms with Gasteiger partial charge in [-0.3, -0.25) is 0 Å². The number of rotatable bonds is 5. The van der Waals surface area contributed by atoms with Crippen molar-refractivity contribution < 1.29 is 22.4 Å². The van der Waals surface area contributed by atoms with E-state index in [2.05, 4.69) is 33.6 Å². The molecule has 0 spiro atoms. The van der Waals surface area contributed by atoms with Crippen LogP contribution < -0.4 is 9.64 Å². The number of anilines is 1. The van der Waals surface area contributed by atoms with Crippen LogP contribution in [0.2, 0.25) is 0 Å². The predicted molar refractivity (Wildman–Crippen MR) is 85.3 cm³/mol. The molecule has 1 aromatic carbocycles. The topological polar surface area (TPSA) is 51.4 Å². The molecule has 0 unspecified atom stereocenters. The van der Waals surface area contributed by atoms with Crippen LogP contribution in [0.5, 0.6) is 5.75 Å². The molecule has 0 saturated heterocycles. The van der Waals surface area contributed by atoms with Crippen LogP contribution in [0.4, 0.5) is 18.9 Å². The average Bonchev–Trinajstić information content (AvgIpc) is 2.92. The number of alkyl halides is 3. The Bertz CT molecular complexity index is 728. The van der Waals surface area contributed by atoms with E-state index in [1.165, 1.54) is 12.1 Å². The second-order valence-corrected chi connectivity index (χ2v) is 6.57. The Labute approximate surface area is 143 Å². The van der Waals surface area contributed by atoms with Crippen LogP contribution >= 0.6 is 0 Å². The van der Waals surface area contributed by atoms with Crippen LogP contribution in [0.25, 0.3) is 0 Å². The summed E-state index contributed by atoms with van der Waals surface area (Å²) in [6.45, 7) is 5.41. The fraction of sp³-hybridized carbons (Fsp3) is 0.529. The summed E-state index contributed by atoms with van der Waals surface area (Å²) in [5.41, 5.74) is 1.72. The van der Waals surface area contributed by atoms with Crippen molar-refractivity contribution in [2.24, 2.45) is 5.92 Å². The highest BCUT2D eigenvalue weighted by atomic mass is 19.4. The summed E-state index contributed by atoms with van der Waals surface area (Å²) in [5, 5.41) is 4.00. The SMILES string of the molecule is CC(C)Cc1nc(CN2CCCc3cc(OC(F)(F)F)ccc32)no1. The van der Waals surface area contributed by atoms with E-state index in [9.17, 15) is 13.2 Å². The van der Waals surface area contributed by atoms with Gasteiger partial charge in [-0.1, -0.05) is 19.0 Å². The van der Waals surface area contributed by atoms with Crippen molar-refractivity contribution in [3.8, 4) is 5.75 Å². The lowest BCUT2D eigenvalue weighted by molar-refractivity contribution is -0.274. The third kappa shape index (κ3) is 4.64. The second kappa shape index (κ2) is 6.93. The number of aryl methyl sites for hydroxylation is 1. The van der Waals surface area contributed by atoms with Gasteiger partial charge in [0.15, 0.2) is 5.82 Å². The van der Waals surface area contributed by atoms with E-state index in [4.69, 9.17) is 4.52 Å². The van der Waals surface area contributed by atoms with Crippen molar-refractivity contribution in [1.29, 1.82) is 0 Å². The molecule has 136 valence electrons. The first-order valence-electron chi connectivity index (χ1n) is 8.25. The van der Waals surface area contributed by atoms with E-state index in [0.29, 0.717) is 30.6 Å². The number of benzene rings is 1. The Morgan fingerprint density at radius 2 is 2.12 bits per heavy atom. The molecule has 0 fully saturated rings. The summed E-state index contributed by atoms with van der Waals surface area (Å²) in [6.07, 6.45) is -2.40. The summed E-state index contributed by atoms with van der Waals surface area (Å²) in [7, 11) is 0. The fourth-order valence-electron chi connectivity index (χ4n) is 2.97. The number of ether oxygens (including phenoxy) is 1. The van der Waals surface area contributed by atoms with E-state index in [1.54, 1.807) is 6.07 Å². The maximum absolute atomic E-state index is 12.4. The van der Waals surface area contributed by atoms with Gasteiger partial charge < -0.3 is 14.2 Å². The molecule has 1 aliphatic rings. The lowest BCUT2D eigenvalue weighted by Gasteiger charge is -2.30. The Morgan fingerprint density at radius 3 is 2.84 bits per heavy atom. The first-order valence-corrected chi connectivity index (χ1v) is 8.25. The first-order chi connectivity index (χ1) is 11.8. The molecule has 2 heterocycles. The number of aromatic nitrogens is 2. The zero-order chi connectivity index (χ0) is 18.0. The molecule has 0 saturated carbocycles. The van der Waals surface area contributed by atoms with Crippen molar-refractivity contribution in [3.05, 3.63) is 35.5 Å². The summed E-state index contributed by atoms with van der Waals surface area (Å²) < 4.78 is 46.4. The molecule has 8 heteroatoms. The second-order valence-electron chi connectivity index (χ2n) is 6.57. The van der Waals surface area contributed by atoms with E-state index < -0.39 is 6.36 Å². The summed E-state index contributed by atoms with van der Waals surface area (Å²) in [6, 6.07) is 4.45. The lowest BCUT2D eigenvalue weighted by Crippen LogP contribution is -2.29. The number of nitrogens with zero attached hydrogens (tertiary/aromatic N) is 3. The Balaban J connectivity index is 1.74.